The van der Waals surface area contributed by atoms with E-state index in [1.54, 1.807) is 0 Å². The molecule has 0 N–H and O–H groups in total. The van der Waals surface area contributed by atoms with Gasteiger partial charge >= 0.3 is 0 Å². The molecule has 0 bridgehead atoms. The topological polar surface area (TPSA) is 56.1 Å². The van der Waals surface area contributed by atoms with Crippen molar-refractivity contribution in [1.29, 1.82) is 5.26 Å². The zero-order valence-corrected chi connectivity index (χ0v) is 15.4. The Morgan fingerprint density at radius 1 is 1.04 bits per heavy atom. The third-order valence-electron chi connectivity index (χ3n) is 4.41. The summed E-state index contributed by atoms with van der Waals surface area (Å²) in [6.07, 6.45) is 4.98. The van der Waals surface area contributed by atoms with E-state index in [0.29, 0.717) is 5.56 Å². The highest BCUT2D eigenvalue weighted by Crippen LogP contribution is 2.18. The van der Waals surface area contributed by atoms with Crippen molar-refractivity contribution in [2.75, 3.05) is 32.4 Å². The molecule has 3 heterocycles. The van der Waals surface area contributed by atoms with Crippen LogP contribution in [-0.2, 0) is 13.1 Å². The third kappa shape index (κ3) is 5.02. The lowest BCUT2D eigenvalue weighted by molar-refractivity contribution is 0.244. The molecule has 6 heteroatoms. The Labute approximate surface area is 153 Å². The van der Waals surface area contributed by atoms with E-state index in [1.165, 1.54) is 11.8 Å². The average Bonchev–Trinajstić information content (AvgIpc) is 2.87. The maximum Gasteiger partial charge on any atom is 0.114 e. The van der Waals surface area contributed by atoms with Gasteiger partial charge in [0.1, 0.15) is 11.1 Å². The first kappa shape index (κ1) is 17.9. The first-order valence-corrected chi connectivity index (χ1v) is 9.79. The van der Waals surface area contributed by atoms with Crippen LogP contribution in [0.5, 0.6) is 0 Å². The van der Waals surface area contributed by atoms with Crippen LogP contribution in [-0.4, -0.2) is 52.2 Å². The van der Waals surface area contributed by atoms with E-state index in [1.807, 2.05) is 36.7 Å². The van der Waals surface area contributed by atoms with E-state index in [2.05, 4.69) is 31.9 Å². The fraction of sp³-hybridized carbons (Fsp3) is 0.421. The number of hydrogen-bond donors (Lipinski definition) is 0. The fourth-order valence-electron chi connectivity index (χ4n) is 3.10. The van der Waals surface area contributed by atoms with Crippen LogP contribution in [0, 0.1) is 11.3 Å². The zero-order valence-electron chi connectivity index (χ0n) is 14.6. The van der Waals surface area contributed by atoms with Crippen LogP contribution in [0.25, 0.3) is 0 Å². The second-order valence-corrected chi connectivity index (χ2v) is 6.99. The van der Waals surface area contributed by atoms with Crippen molar-refractivity contribution < 1.29 is 0 Å². The molecule has 130 valence electrons. The maximum absolute atomic E-state index is 9.12. The number of thioether (sulfide) groups is 1. The van der Waals surface area contributed by atoms with Crippen LogP contribution in [0.4, 0.5) is 0 Å². The van der Waals surface area contributed by atoms with E-state index in [0.717, 1.165) is 62.1 Å². The lowest BCUT2D eigenvalue weighted by Gasteiger charge is -2.21. The van der Waals surface area contributed by atoms with Gasteiger partial charge in [-0.3, -0.25) is 14.8 Å². The zero-order chi connectivity index (χ0) is 17.5. The summed E-state index contributed by atoms with van der Waals surface area (Å²) < 4.78 is 0. The van der Waals surface area contributed by atoms with Gasteiger partial charge in [0, 0.05) is 32.4 Å². The van der Waals surface area contributed by atoms with Crippen LogP contribution >= 0.6 is 11.8 Å². The molecule has 0 aliphatic carbocycles. The monoisotopic (exact) mass is 353 g/mol. The van der Waals surface area contributed by atoms with E-state index in [9.17, 15) is 0 Å². The van der Waals surface area contributed by atoms with E-state index < -0.39 is 0 Å². The summed E-state index contributed by atoms with van der Waals surface area (Å²) in [5.74, 6) is 0. The highest BCUT2D eigenvalue weighted by molar-refractivity contribution is 7.98. The van der Waals surface area contributed by atoms with Crippen LogP contribution in [0.15, 0.2) is 41.6 Å². The van der Waals surface area contributed by atoms with Gasteiger partial charge < -0.3 is 0 Å². The Balaban J connectivity index is 1.57. The van der Waals surface area contributed by atoms with Gasteiger partial charge in [-0.2, -0.15) is 5.26 Å². The first-order chi connectivity index (χ1) is 12.3. The summed E-state index contributed by atoms with van der Waals surface area (Å²) >= 11 is 1.53. The highest BCUT2D eigenvalue weighted by atomic mass is 32.2. The molecular formula is C19H23N5S. The number of hydrogen-bond acceptors (Lipinski definition) is 6. The van der Waals surface area contributed by atoms with Crippen molar-refractivity contribution in [3.05, 3.63) is 53.5 Å². The van der Waals surface area contributed by atoms with Crippen molar-refractivity contribution in [2.45, 2.75) is 24.5 Å². The number of rotatable bonds is 5. The Morgan fingerprint density at radius 2 is 1.80 bits per heavy atom. The van der Waals surface area contributed by atoms with Crippen LogP contribution < -0.4 is 0 Å². The van der Waals surface area contributed by atoms with Gasteiger partial charge in [-0.15, -0.1) is 11.8 Å². The highest BCUT2D eigenvalue weighted by Gasteiger charge is 2.16. The molecular weight excluding hydrogens is 330 g/mol. The SMILES string of the molecule is CSc1nc(CN2CCCN(Cc3ccccn3)CC2)ccc1C#N. The number of nitrogens with zero attached hydrogens (tertiary/aromatic N) is 5. The predicted molar refractivity (Wildman–Crippen MR) is 100 cm³/mol. The molecule has 0 saturated carbocycles. The molecule has 5 nitrogen and oxygen atoms in total. The van der Waals surface area contributed by atoms with Gasteiger partial charge in [-0.25, -0.2) is 4.98 Å². The van der Waals surface area contributed by atoms with Crippen molar-refractivity contribution in [1.82, 2.24) is 19.8 Å². The molecule has 1 aliphatic rings. The molecule has 1 aliphatic heterocycles. The first-order valence-electron chi connectivity index (χ1n) is 8.57. The summed E-state index contributed by atoms with van der Waals surface area (Å²) in [4.78, 5) is 14.0. The molecule has 0 aromatic carbocycles. The van der Waals surface area contributed by atoms with Crippen LogP contribution in [0.1, 0.15) is 23.4 Å². The van der Waals surface area contributed by atoms with Gasteiger partial charge in [0.15, 0.2) is 0 Å². The van der Waals surface area contributed by atoms with E-state index in [4.69, 9.17) is 5.26 Å². The molecule has 2 aromatic heterocycles. The summed E-state index contributed by atoms with van der Waals surface area (Å²) in [7, 11) is 0. The molecule has 0 spiro atoms. The Hall–Kier alpha value is -1.94. The predicted octanol–water partition coefficient (Wildman–Crippen LogP) is 2.78. The fourth-order valence-corrected chi connectivity index (χ4v) is 3.64. The smallest absolute Gasteiger partial charge is 0.114 e. The minimum Gasteiger partial charge on any atom is -0.296 e. The lowest BCUT2D eigenvalue weighted by Crippen LogP contribution is -2.30. The van der Waals surface area contributed by atoms with E-state index in [-0.39, 0.29) is 0 Å². The van der Waals surface area contributed by atoms with Crippen LogP contribution in [0.3, 0.4) is 0 Å². The summed E-state index contributed by atoms with van der Waals surface area (Å²) in [6, 6.07) is 12.2. The minimum atomic E-state index is 0.661. The van der Waals surface area contributed by atoms with Gasteiger partial charge in [-0.05, 0) is 50.0 Å². The molecule has 25 heavy (non-hydrogen) atoms. The van der Waals surface area contributed by atoms with Crippen LogP contribution in [0.2, 0.25) is 0 Å². The Bertz CT molecular complexity index is 728. The van der Waals surface area contributed by atoms with Crippen molar-refractivity contribution in [3.8, 4) is 6.07 Å². The molecule has 0 unspecified atom stereocenters. The largest absolute Gasteiger partial charge is 0.296 e. The molecule has 1 fully saturated rings. The summed E-state index contributed by atoms with van der Waals surface area (Å²) in [6.45, 7) is 6.02. The van der Waals surface area contributed by atoms with Crippen molar-refractivity contribution in [3.63, 3.8) is 0 Å². The molecule has 2 aromatic rings. The third-order valence-corrected chi connectivity index (χ3v) is 5.11. The van der Waals surface area contributed by atoms with Gasteiger partial charge in [0.05, 0.1) is 17.0 Å². The molecule has 0 atom stereocenters. The molecule has 0 amide bonds. The second-order valence-electron chi connectivity index (χ2n) is 6.20. The molecule has 3 rings (SSSR count). The molecule has 1 saturated heterocycles. The Kier molecular flexibility index (Phi) is 6.40. The Morgan fingerprint density at radius 3 is 2.44 bits per heavy atom. The maximum atomic E-state index is 9.12. The van der Waals surface area contributed by atoms with Gasteiger partial charge in [0.25, 0.3) is 0 Å². The van der Waals surface area contributed by atoms with Gasteiger partial charge in [0.2, 0.25) is 0 Å². The summed E-state index contributed by atoms with van der Waals surface area (Å²) in [5.41, 5.74) is 2.84. The minimum absolute atomic E-state index is 0.661. The van der Waals surface area contributed by atoms with Gasteiger partial charge in [-0.1, -0.05) is 6.07 Å². The number of aromatic nitrogens is 2. The lowest BCUT2D eigenvalue weighted by atomic mass is 10.2. The average molecular weight is 353 g/mol. The number of pyridine rings is 2. The quantitative estimate of drug-likeness (QED) is 0.771. The summed E-state index contributed by atoms with van der Waals surface area (Å²) in [5, 5.41) is 9.95. The second kappa shape index (κ2) is 8.95. The standard InChI is InChI=1S/C19H23N5S/c1-25-19-16(13-20)6-7-18(22-19)15-24-10-4-9-23(11-12-24)14-17-5-2-3-8-21-17/h2-3,5-8H,4,9-12,14-15H2,1H3. The van der Waals surface area contributed by atoms with E-state index >= 15 is 0 Å². The number of nitriles is 1. The molecule has 0 radical (unpaired) electrons. The van der Waals surface area contributed by atoms with Crippen molar-refractivity contribution in [2.24, 2.45) is 0 Å². The van der Waals surface area contributed by atoms with Crippen molar-refractivity contribution >= 4 is 11.8 Å². The normalized spacial score (nSPS) is 16.3.